The number of ether oxygens (including phenoxy) is 3. The number of nitrogens with zero attached hydrogens (tertiary/aromatic N) is 1. The Bertz CT molecular complexity index is 1230. The summed E-state index contributed by atoms with van der Waals surface area (Å²) >= 11 is 0. The number of aryl methyl sites for hydroxylation is 1. The lowest BCUT2D eigenvalue weighted by Gasteiger charge is -2.19. The van der Waals surface area contributed by atoms with Gasteiger partial charge < -0.3 is 18.8 Å². The van der Waals surface area contributed by atoms with E-state index in [0.717, 1.165) is 16.5 Å². The van der Waals surface area contributed by atoms with Gasteiger partial charge in [-0.05, 0) is 52.0 Å². The van der Waals surface area contributed by atoms with Crippen molar-refractivity contribution in [3.05, 3.63) is 65.0 Å². The molecule has 4 rings (SSSR count). The molecule has 1 aliphatic heterocycles. The third-order valence-corrected chi connectivity index (χ3v) is 5.02. The number of aromatic nitrogens is 1. The summed E-state index contributed by atoms with van der Waals surface area (Å²) in [5.41, 5.74) is 2.55. The molecule has 0 bridgehead atoms. The van der Waals surface area contributed by atoms with E-state index < -0.39 is 11.6 Å². The number of fused-ring (bicyclic) bond motifs is 2. The van der Waals surface area contributed by atoms with Gasteiger partial charge in [0.15, 0.2) is 12.4 Å². The lowest BCUT2D eigenvalue weighted by atomic mass is 10.1. The van der Waals surface area contributed by atoms with Gasteiger partial charge in [-0.1, -0.05) is 18.2 Å². The summed E-state index contributed by atoms with van der Waals surface area (Å²) in [6, 6.07) is 11.3. The summed E-state index contributed by atoms with van der Waals surface area (Å²) in [6.07, 6.45) is 3.74. The van der Waals surface area contributed by atoms with Gasteiger partial charge in [0.2, 0.25) is 5.78 Å². The zero-order chi connectivity index (χ0) is 22.3. The number of benzene rings is 2. The number of rotatable bonds is 4. The van der Waals surface area contributed by atoms with E-state index in [1.165, 1.54) is 0 Å². The Morgan fingerprint density at radius 1 is 1.16 bits per heavy atom. The third-order valence-electron chi connectivity index (χ3n) is 5.02. The number of hydrogen-bond donors (Lipinski definition) is 0. The van der Waals surface area contributed by atoms with Crippen molar-refractivity contribution in [3.63, 3.8) is 0 Å². The first-order valence-electron chi connectivity index (χ1n) is 10.1. The molecule has 0 spiro atoms. The maximum absolute atomic E-state index is 12.9. The summed E-state index contributed by atoms with van der Waals surface area (Å²) < 4.78 is 18.9. The lowest BCUT2D eigenvalue weighted by molar-refractivity contribution is -0.157. The smallest absolute Gasteiger partial charge is 0.344 e. The van der Waals surface area contributed by atoms with Crippen molar-refractivity contribution in [2.45, 2.75) is 33.3 Å². The van der Waals surface area contributed by atoms with Gasteiger partial charge >= 0.3 is 5.97 Å². The minimum absolute atomic E-state index is 0.176. The van der Waals surface area contributed by atoms with Crippen LogP contribution in [0, 0.1) is 6.92 Å². The van der Waals surface area contributed by atoms with E-state index in [-0.39, 0.29) is 18.1 Å². The fourth-order valence-corrected chi connectivity index (χ4v) is 3.66. The Labute approximate surface area is 181 Å². The monoisotopic (exact) mass is 419 g/mol. The first-order valence-corrected chi connectivity index (χ1v) is 10.1. The minimum Gasteiger partial charge on any atom is -0.481 e. The molecule has 0 unspecified atom stereocenters. The highest BCUT2D eigenvalue weighted by Crippen LogP contribution is 2.39. The summed E-state index contributed by atoms with van der Waals surface area (Å²) in [5.74, 6) is 0.561. The molecule has 0 amide bonds. The van der Waals surface area contributed by atoms with Crippen LogP contribution in [0.25, 0.3) is 17.0 Å². The van der Waals surface area contributed by atoms with Gasteiger partial charge in [-0.2, -0.15) is 0 Å². The Kier molecular flexibility index (Phi) is 5.09. The lowest BCUT2D eigenvalue weighted by Crippen LogP contribution is -2.27. The maximum Gasteiger partial charge on any atom is 0.344 e. The molecule has 2 aromatic carbocycles. The topological polar surface area (TPSA) is 66.8 Å². The van der Waals surface area contributed by atoms with E-state index in [4.69, 9.17) is 14.2 Å². The van der Waals surface area contributed by atoms with Crippen molar-refractivity contribution in [1.29, 1.82) is 0 Å². The maximum atomic E-state index is 12.9. The van der Waals surface area contributed by atoms with Crippen molar-refractivity contribution in [3.8, 4) is 11.5 Å². The molecular weight excluding hydrogens is 394 g/mol. The van der Waals surface area contributed by atoms with Crippen LogP contribution < -0.4 is 9.47 Å². The van der Waals surface area contributed by atoms with Crippen LogP contribution in [0.2, 0.25) is 0 Å². The molecule has 6 nitrogen and oxygen atoms in total. The summed E-state index contributed by atoms with van der Waals surface area (Å²) in [5, 5.41) is 1.04. The van der Waals surface area contributed by atoms with E-state index >= 15 is 0 Å². The van der Waals surface area contributed by atoms with Gasteiger partial charge in [0.05, 0.1) is 5.56 Å². The molecule has 3 aromatic rings. The van der Waals surface area contributed by atoms with Crippen LogP contribution in [0.4, 0.5) is 0 Å². The van der Waals surface area contributed by atoms with Crippen LogP contribution in [0.5, 0.6) is 11.5 Å². The molecule has 31 heavy (non-hydrogen) atoms. The van der Waals surface area contributed by atoms with Crippen LogP contribution in [-0.2, 0) is 16.6 Å². The molecule has 0 fully saturated rings. The van der Waals surface area contributed by atoms with Gasteiger partial charge in [-0.15, -0.1) is 0 Å². The van der Waals surface area contributed by atoms with Crippen molar-refractivity contribution in [2.75, 3.05) is 6.61 Å². The fourth-order valence-electron chi connectivity index (χ4n) is 3.66. The predicted molar refractivity (Wildman–Crippen MR) is 118 cm³/mol. The number of hydrogen-bond acceptors (Lipinski definition) is 5. The quantitative estimate of drug-likeness (QED) is 0.448. The van der Waals surface area contributed by atoms with Crippen molar-refractivity contribution >= 4 is 28.7 Å². The molecular formula is C25H25NO5. The summed E-state index contributed by atoms with van der Waals surface area (Å²) in [6.45, 7) is 6.99. The number of ketones is 1. The molecule has 0 aliphatic carbocycles. The highest BCUT2D eigenvalue weighted by atomic mass is 16.6. The highest BCUT2D eigenvalue weighted by Gasteiger charge is 2.30. The molecule has 0 radical (unpaired) electrons. The molecule has 0 atom stereocenters. The SMILES string of the molecule is Cc1c(OCC(=O)OC(C)(C)C)ccc2c1OC(=Cc1cn(C)c3ccccc13)C2=O. The zero-order valence-corrected chi connectivity index (χ0v) is 18.3. The van der Waals surface area contributed by atoms with Crippen LogP contribution in [0.3, 0.4) is 0 Å². The molecule has 0 saturated heterocycles. The van der Waals surface area contributed by atoms with Crippen molar-refractivity contribution < 1.29 is 23.8 Å². The van der Waals surface area contributed by atoms with Gasteiger partial charge in [0.25, 0.3) is 0 Å². The van der Waals surface area contributed by atoms with Crippen LogP contribution in [-0.4, -0.2) is 28.5 Å². The molecule has 0 saturated carbocycles. The second-order valence-corrected chi connectivity index (χ2v) is 8.59. The fraction of sp³-hybridized carbons (Fsp3) is 0.280. The van der Waals surface area contributed by atoms with E-state index in [9.17, 15) is 9.59 Å². The van der Waals surface area contributed by atoms with Crippen molar-refractivity contribution in [1.82, 2.24) is 4.57 Å². The second kappa shape index (κ2) is 7.61. The Balaban J connectivity index is 1.58. The molecule has 1 aromatic heterocycles. The average Bonchev–Trinajstić information content (AvgIpc) is 3.18. The van der Waals surface area contributed by atoms with E-state index in [1.807, 2.05) is 42.1 Å². The molecule has 6 heteroatoms. The molecule has 1 aliphatic rings. The number of Topliss-reactive ketones (excluding diaryl/α,β-unsaturated/α-hetero) is 1. The number of carbonyl (C=O) groups excluding carboxylic acids is 2. The first kappa shape index (κ1) is 20.7. The number of allylic oxidation sites excluding steroid dienone is 1. The molecule has 0 N–H and O–H groups in total. The second-order valence-electron chi connectivity index (χ2n) is 8.59. The van der Waals surface area contributed by atoms with Crippen LogP contribution >= 0.6 is 0 Å². The Morgan fingerprint density at radius 3 is 2.65 bits per heavy atom. The number of para-hydroxylation sites is 1. The first-order chi connectivity index (χ1) is 14.6. The van der Waals surface area contributed by atoms with Gasteiger partial charge in [-0.25, -0.2) is 4.79 Å². The van der Waals surface area contributed by atoms with Gasteiger partial charge in [0.1, 0.15) is 17.1 Å². The van der Waals surface area contributed by atoms with E-state index in [2.05, 4.69) is 0 Å². The Morgan fingerprint density at radius 2 is 1.90 bits per heavy atom. The van der Waals surface area contributed by atoms with Crippen LogP contribution in [0.1, 0.15) is 42.3 Å². The molecule has 160 valence electrons. The van der Waals surface area contributed by atoms with Crippen LogP contribution in [0.15, 0.2) is 48.4 Å². The zero-order valence-electron chi connectivity index (χ0n) is 18.3. The third kappa shape index (κ3) is 4.06. The van der Waals surface area contributed by atoms with Gasteiger partial charge in [0, 0.05) is 35.3 Å². The largest absolute Gasteiger partial charge is 0.481 e. The normalized spacial score (nSPS) is 14.6. The highest BCUT2D eigenvalue weighted by molar-refractivity contribution is 6.15. The number of carbonyl (C=O) groups is 2. The summed E-state index contributed by atoms with van der Waals surface area (Å²) in [4.78, 5) is 24.9. The van der Waals surface area contributed by atoms with Gasteiger partial charge in [-0.3, -0.25) is 4.79 Å². The van der Waals surface area contributed by atoms with E-state index in [0.29, 0.717) is 22.6 Å². The minimum atomic E-state index is -0.579. The molecule has 2 heterocycles. The Hall–Kier alpha value is -3.54. The average molecular weight is 419 g/mol. The van der Waals surface area contributed by atoms with E-state index in [1.54, 1.807) is 45.9 Å². The summed E-state index contributed by atoms with van der Waals surface area (Å²) in [7, 11) is 1.97. The predicted octanol–water partition coefficient (Wildman–Crippen LogP) is 4.82. The number of esters is 1. The standard InChI is InChI=1S/C25H25NO5/c1-15-20(29-14-22(27)31-25(2,3)4)11-10-18-23(28)21(30-24(15)18)12-16-13-26(5)19-9-7-6-8-17(16)19/h6-13H,14H2,1-5H3. The van der Waals surface area contributed by atoms with Crippen molar-refractivity contribution in [2.24, 2.45) is 7.05 Å².